The summed E-state index contributed by atoms with van der Waals surface area (Å²) in [5.41, 5.74) is 1.09. The first kappa shape index (κ1) is 10.7. The molecular formula is C13H18O2. The van der Waals surface area contributed by atoms with Crippen molar-refractivity contribution in [2.45, 2.75) is 38.2 Å². The number of hydrogen-bond acceptors (Lipinski definition) is 2. The first-order valence-electron chi connectivity index (χ1n) is 5.77. The summed E-state index contributed by atoms with van der Waals surface area (Å²) in [5.74, 6) is 0.478. The minimum Gasteiger partial charge on any atom is -0.251 e. The zero-order valence-corrected chi connectivity index (χ0v) is 8.93. The third kappa shape index (κ3) is 2.58. The molecule has 1 aliphatic carbocycles. The fraction of sp³-hybridized carbons (Fsp3) is 0.538. The van der Waals surface area contributed by atoms with E-state index < -0.39 is 0 Å². The Bertz CT molecular complexity index is 278. The molecule has 82 valence electrons. The van der Waals surface area contributed by atoms with Crippen molar-refractivity contribution in [1.82, 2.24) is 0 Å². The SMILES string of the molecule is OO[C@H](c1ccccc1)C1CCCCC1. The first-order valence-corrected chi connectivity index (χ1v) is 5.77. The van der Waals surface area contributed by atoms with Gasteiger partial charge in [0.1, 0.15) is 6.10 Å². The van der Waals surface area contributed by atoms with Gasteiger partial charge in [-0.3, -0.25) is 5.26 Å². The smallest absolute Gasteiger partial charge is 0.120 e. The maximum atomic E-state index is 9.03. The fourth-order valence-electron chi connectivity index (χ4n) is 2.50. The second-order valence-electron chi connectivity index (χ2n) is 4.33. The molecule has 1 aromatic carbocycles. The molecule has 2 heteroatoms. The van der Waals surface area contributed by atoms with E-state index in [9.17, 15) is 0 Å². The van der Waals surface area contributed by atoms with Crippen LogP contribution in [0.5, 0.6) is 0 Å². The summed E-state index contributed by atoms with van der Waals surface area (Å²) in [6.07, 6.45) is 6.05. The zero-order chi connectivity index (χ0) is 10.5. The lowest BCUT2D eigenvalue weighted by molar-refractivity contribution is -0.295. The van der Waals surface area contributed by atoms with Crippen molar-refractivity contribution in [1.29, 1.82) is 0 Å². The van der Waals surface area contributed by atoms with Crippen molar-refractivity contribution in [3.63, 3.8) is 0 Å². The summed E-state index contributed by atoms with van der Waals surface area (Å²) in [4.78, 5) is 4.68. The summed E-state index contributed by atoms with van der Waals surface area (Å²) in [6.45, 7) is 0. The molecule has 1 N–H and O–H groups in total. The molecule has 0 heterocycles. The van der Waals surface area contributed by atoms with E-state index >= 15 is 0 Å². The van der Waals surface area contributed by atoms with Crippen molar-refractivity contribution >= 4 is 0 Å². The summed E-state index contributed by atoms with van der Waals surface area (Å²) in [6, 6.07) is 10.0. The van der Waals surface area contributed by atoms with Crippen LogP contribution in [-0.4, -0.2) is 5.26 Å². The summed E-state index contributed by atoms with van der Waals surface area (Å²) in [7, 11) is 0. The highest BCUT2D eigenvalue weighted by molar-refractivity contribution is 5.18. The quantitative estimate of drug-likeness (QED) is 0.602. The van der Waals surface area contributed by atoms with Crippen LogP contribution >= 0.6 is 0 Å². The molecule has 1 fully saturated rings. The van der Waals surface area contributed by atoms with E-state index in [2.05, 4.69) is 4.89 Å². The Morgan fingerprint density at radius 1 is 1.07 bits per heavy atom. The molecule has 0 bridgehead atoms. The molecule has 15 heavy (non-hydrogen) atoms. The van der Waals surface area contributed by atoms with Gasteiger partial charge in [0.25, 0.3) is 0 Å². The van der Waals surface area contributed by atoms with E-state index in [4.69, 9.17) is 5.26 Å². The molecule has 0 radical (unpaired) electrons. The van der Waals surface area contributed by atoms with E-state index in [1.807, 2.05) is 30.3 Å². The van der Waals surface area contributed by atoms with Crippen LogP contribution in [-0.2, 0) is 4.89 Å². The highest BCUT2D eigenvalue weighted by Crippen LogP contribution is 2.36. The van der Waals surface area contributed by atoms with Crippen LogP contribution in [0.25, 0.3) is 0 Å². The van der Waals surface area contributed by atoms with Crippen molar-refractivity contribution in [3.8, 4) is 0 Å². The molecule has 0 amide bonds. The molecule has 0 spiro atoms. The lowest BCUT2D eigenvalue weighted by Crippen LogP contribution is -2.18. The molecule has 1 aliphatic rings. The predicted octanol–water partition coefficient (Wildman–Crippen LogP) is 3.80. The Labute approximate surface area is 90.8 Å². The largest absolute Gasteiger partial charge is 0.251 e. The molecule has 1 saturated carbocycles. The van der Waals surface area contributed by atoms with Gasteiger partial charge in [0.15, 0.2) is 0 Å². The summed E-state index contributed by atoms with van der Waals surface area (Å²) < 4.78 is 0. The molecule has 0 unspecified atom stereocenters. The second-order valence-corrected chi connectivity index (χ2v) is 4.33. The highest BCUT2D eigenvalue weighted by atomic mass is 17.1. The van der Waals surface area contributed by atoms with Crippen molar-refractivity contribution in [2.24, 2.45) is 5.92 Å². The zero-order valence-electron chi connectivity index (χ0n) is 8.93. The Kier molecular flexibility index (Phi) is 3.75. The lowest BCUT2D eigenvalue weighted by atomic mass is 9.83. The van der Waals surface area contributed by atoms with Gasteiger partial charge in [-0.05, 0) is 24.3 Å². The third-order valence-corrected chi connectivity index (χ3v) is 3.32. The normalized spacial score (nSPS) is 20.1. The summed E-state index contributed by atoms with van der Waals surface area (Å²) >= 11 is 0. The average molecular weight is 206 g/mol. The van der Waals surface area contributed by atoms with Crippen LogP contribution < -0.4 is 0 Å². The van der Waals surface area contributed by atoms with Crippen LogP contribution in [0.4, 0.5) is 0 Å². The molecule has 1 atom stereocenters. The maximum Gasteiger partial charge on any atom is 0.120 e. The molecule has 0 saturated heterocycles. The fourth-order valence-corrected chi connectivity index (χ4v) is 2.50. The van der Waals surface area contributed by atoms with Gasteiger partial charge >= 0.3 is 0 Å². The van der Waals surface area contributed by atoms with Gasteiger partial charge < -0.3 is 0 Å². The monoisotopic (exact) mass is 206 g/mol. The standard InChI is InChI=1S/C13H18O2/c14-15-13(11-7-3-1-4-8-11)12-9-5-2-6-10-12/h1,3-4,7-8,12-14H,2,5-6,9-10H2/t13-/m1/s1. The molecule has 0 aliphatic heterocycles. The lowest BCUT2D eigenvalue weighted by Gasteiger charge is -2.28. The van der Waals surface area contributed by atoms with E-state index in [1.165, 1.54) is 32.1 Å². The van der Waals surface area contributed by atoms with Gasteiger partial charge in [0, 0.05) is 0 Å². The van der Waals surface area contributed by atoms with E-state index in [0.29, 0.717) is 5.92 Å². The Balaban J connectivity index is 2.09. The third-order valence-electron chi connectivity index (χ3n) is 3.32. The van der Waals surface area contributed by atoms with E-state index in [0.717, 1.165) is 5.56 Å². The maximum absolute atomic E-state index is 9.03. The van der Waals surface area contributed by atoms with E-state index in [-0.39, 0.29) is 6.10 Å². The van der Waals surface area contributed by atoms with Crippen molar-refractivity contribution in [3.05, 3.63) is 35.9 Å². The predicted molar refractivity (Wildman–Crippen MR) is 59.5 cm³/mol. The molecular weight excluding hydrogens is 188 g/mol. The molecule has 1 aromatic rings. The number of hydrogen-bond donors (Lipinski definition) is 1. The van der Waals surface area contributed by atoms with Crippen molar-refractivity contribution < 1.29 is 10.1 Å². The van der Waals surface area contributed by atoms with Gasteiger partial charge in [0.05, 0.1) is 0 Å². The molecule has 0 aromatic heterocycles. The van der Waals surface area contributed by atoms with Crippen LogP contribution in [0.1, 0.15) is 43.8 Å². The van der Waals surface area contributed by atoms with Gasteiger partial charge in [0.2, 0.25) is 0 Å². The Morgan fingerprint density at radius 2 is 1.73 bits per heavy atom. The topological polar surface area (TPSA) is 29.5 Å². The highest BCUT2D eigenvalue weighted by Gasteiger charge is 2.25. The number of rotatable bonds is 3. The number of benzene rings is 1. The van der Waals surface area contributed by atoms with Gasteiger partial charge in [-0.15, -0.1) is 0 Å². The first-order chi connectivity index (χ1) is 7.42. The minimum absolute atomic E-state index is 0.133. The van der Waals surface area contributed by atoms with Crippen LogP contribution in [0.15, 0.2) is 30.3 Å². The van der Waals surface area contributed by atoms with Crippen molar-refractivity contribution in [2.75, 3.05) is 0 Å². The molecule has 2 nitrogen and oxygen atoms in total. The average Bonchev–Trinajstić information content (AvgIpc) is 2.33. The Morgan fingerprint density at radius 3 is 2.33 bits per heavy atom. The van der Waals surface area contributed by atoms with Gasteiger partial charge in [-0.2, -0.15) is 0 Å². The van der Waals surface area contributed by atoms with Gasteiger partial charge in [-0.1, -0.05) is 49.6 Å². The molecule has 2 rings (SSSR count). The van der Waals surface area contributed by atoms with E-state index in [1.54, 1.807) is 0 Å². The second kappa shape index (κ2) is 5.29. The Hall–Kier alpha value is -0.860. The van der Waals surface area contributed by atoms with Crippen LogP contribution in [0.3, 0.4) is 0 Å². The van der Waals surface area contributed by atoms with Crippen LogP contribution in [0, 0.1) is 5.92 Å². The van der Waals surface area contributed by atoms with Crippen LogP contribution in [0.2, 0.25) is 0 Å². The minimum atomic E-state index is -0.133. The van der Waals surface area contributed by atoms with Gasteiger partial charge in [-0.25, -0.2) is 4.89 Å². The summed E-state index contributed by atoms with van der Waals surface area (Å²) in [5, 5.41) is 9.03.